The van der Waals surface area contributed by atoms with Gasteiger partial charge in [-0.25, -0.2) is 4.98 Å². The summed E-state index contributed by atoms with van der Waals surface area (Å²) >= 11 is 3.14. The molecule has 134 valence electrons. The highest BCUT2D eigenvalue weighted by atomic mass is 32.1. The van der Waals surface area contributed by atoms with E-state index >= 15 is 0 Å². The fourth-order valence-corrected chi connectivity index (χ4v) is 5.04. The van der Waals surface area contributed by atoms with E-state index in [2.05, 4.69) is 47.6 Å². The molecule has 0 fully saturated rings. The number of hydrogen-bond acceptors (Lipinski definition) is 6. The van der Waals surface area contributed by atoms with Crippen LogP contribution in [0.5, 0.6) is 0 Å². The van der Waals surface area contributed by atoms with Crippen LogP contribution in [0.25, 0.3) is 10.2 Å². The van der Waals surface area contributed by atoms with E-state index < -0.39 is 0 Å². The van der Waals surface area contributed by atoms with Gasteiger partial charge in [-0.15, -0.1) is 21.5 Å². The van der Waals surface area contributed by atoms with E-state index in [1.165, 1.54) is 16.0 Å². The topological polar surface area (TPSA) is 67.8 Å². The van der Waals surface area contributed by atoms with E-state index in [9.17, 15) is 4.79 Å². The van der Waals surface area contributed by atoms with Gasteiger partial charge in [0.25, 0.3) is 0 Å². The molecule has 1 aromatic carbocycles. The summed E-state index contributed by atoms with van der Waals surface area (Å²) in [6.07, 6.45) is 5.81. The van der Waals surface area contributed by atoms with Gasteiger partial charge in [-0.1, -0.05) is 49.5 Å². The second-order valence-corrected chi connectivity index (χ2v) is 8.84. The monoisotopic (exact) mass is 384 g/mol. The largest absolute Gasteiger partial charge is 0.300 e. The maximum Gasteiger partial charge on any atom is 0.230 e. The molecule has 1 amide bonds. The van der Waals surface area contributed by atoms with Crippen LogP contribution in [0.3, 0.4) is 0 Å². The van der Waals surface area contributed by atoms with Gasteiger partial charge in [-0.05, 0) is 25.0 Å². The minimum Gasteiger partial charge on any atom is -0.300 e. The fourth-order valence-electron chi connectivity index (χ4n) is 3.14. The molecule has 0 saturated heterocycles. The quantitative estimate of drug-likeness (QED) is 0.646. The third-order valence-electron chi connectivity index (χ3n) is 4.56. The highest BCUT2D eigenvalue weighted by Crippen LogP contribution is 2.39. The Bertz CT molecular complexity index is 926. The number of rotatable bonds is 4. The molecule has 1 N–H and O–H groups in total. The molecule has 26 heavy (non-hydrogen) atoms. The number of benzene rings is 1. The first kappa shape index (κ1) is 17.3. The standard InChI is InChI=1S/C19H20N4OS2/c1-11(2)17-22-23-19(26-17)21-16(24)12-7-3-4-8-13(12)18-20-14-9-5-6-10-15(14)25-18/h3-6,9-13H,7-8H2,1-2H3,(H,21,23,24). The molecule has 1 aliphatic rings. The van der Waals surface area contributed by atoms with Crippen molar-refractivity contribution in [2.75, 3.05) is 5.32 Å². The maximum atomic E-state index is 12.9. The molecule has 0 bridgehead atoms. The summed E-state index contributed by atoms with van der Waals surface area (Å²) in [6, 6.07) is 8.13. The third kappa shape index (κ3) is 3.41. The molecule has 0 spiro atoms. The van der Waals surface area contributed by atoms with Crippen LogP contribution in [-0.4, -0.2) is 21.1 Å². The Kier molecular flexibility index (Phi) is 4.82. The van der Waals surface area contributed by atoms with Gasteiger partial charge < -0.3 is 5.32 Å². The van der Waals surface area contributed by atoms with Crippen LogP contribution in [0.15, 0.2) is 36.4 Å². The summed E-state index contributed by atoms with van der Waals surface area (Å²) < 4.78 is 1.17. The van der Waals surface area contributed by atoms with Crippen molar-refractivity contribution in [2.24, 2.45) is 5.92 Å². The van der Waals surface area contributed by atoms with Crippen molar-refractivity contribution in [1.29, 1.82) is 0 Å². The lowest BCUT2D eigenvalue weighted by Crippen LogP contribution is -2.29. The van der Waals surface area contributed by atoms with Gasteiger partial charge in [0.2, 0.25) is 11.0 Å². The van der Waals surface area contributed by atoms with Crippen molar-refractivity contribution in [2.45, 2.75) is 38.5 Å². The van der Waals surface area contributed by atoms with E-state index in [-0.39, 0.29) is 17.7 Å². The Morgan fingerprint density at radius 3 is 2.73 bits per heavy atom. The molecular weight excluding hydrogens is 364 g/mol. The van der Waals surface area contributed by atoms with Crippen LogP contribution in [0.1, 0.15) is 48.5 Å². The van der Waals surface area contributed by atoms with Gasteiger partial charge >= 0.3 is 0 Å². The third-order valence-corrected chi connectivity index (χ3v) is 6.87. The van der Waals surface area contributed by atoms with Crippen molar-refractivity contribution in [3.05, 3.63) is 46.4 Å². The molecule has 4 rings (SSSR count). The molecule has 3 aromatic rings. The Hall–Kier alpha value is -2.12. The van der Waals surface area contributed by atoms with Crippen LogP contribution in [-0.2, 0) is 4.79 Å². The summed E-state index contributed by atoms with van der Waals surface area (Å²) in [6.45, 7) is 4.14. The van der Waals surface area contributed by atoms with E-state index in [1.807, 2.05) is 18.2 Å². The first-order chi connectivity index (χ1) is 12.6. The zero-order valence-corrected chi connectivity index (χ0v) is 16.3. The number of anilines is 1. The van der Waals surface area contributed by atoms with Crippen LogP contribution in [0.2, 0.25) is 0 Å². The second-order valence-electron chi connectivity index (χ2n) is 6.77. The number of allylic oxidation sites excluding steroid dienone is 2. The number of aromatic nitrogens is 3. The first-order valence-corrected chi connectivity index (χ1v) is 10.4. The van der Waals surface area contributed by atoms with E-state index in [0.717, 1.165) is 28.4 Å². The van der Waals surface area contributed by atoms with Crippen LogP contribution in [0.4, 0.5) is 5.13 Å². The Morgan fingerprint density at radius 1 is 1.15 bits per heavy atom. The molecule has 7 heteroatoms. The lowest BCUT2D eigenvalue weighted by molar-refractivity contribution is -0.120. The summed E-state index contributed by atoms with van der Waals surface area (Å²) in [4.78, 5) is 17.7. The van der Waals surface area contributed by atoms with Crippen molar-refractivity contribution >= 4 is 43.9 Å². The molecule has 0 saturated carbocycles. The number of nitrogens with zero attached hydrogens (tertiary/aromatic N) is 3. The van der Waals surface area contributed by atoms with Crippen molar-refractivity contribution in [3.8, 4) is 0 Å². The first-order valence-electron chi connectivity index (χ1n) is 8.76. The van der Waals surface area contributed by atoms with Crippen molar-refractivity contribution in [1.82, 2.24) is 15.2 Å². The molecule has 0 radical (unpaired) electrons. The van der Waals surface area contributed by atoms with E-state index in [4.69, 9.17) is 4.98 Å². The Morgan fingerprint density at radius 2 is 1.96 bits per heavy atom. The smallest absolute Gasteiger partial charge is 0.230 e. The highest BCUT2D eigenvalue weighted by Gasteiger charge is 2.32. The minimum atomic E-state index is -0.132. The van der Waals surface area contributed by atoms with Crippen molar-refractivity contribution in [3.63, 3.8) is 0 Å². The lowest BCUT2D eigenvalue weighted by Gasteiger charge is -2.25. The van der Waals surface area contributed by atoms with E-state index in [1.54, 1.807) is 11.3 Å². The molecule has 1 aliphatic carbocycles. The molecule has 2 unspecified atom stereocenters. The van der Waals surface area contributed by atoms with Gasteiger partial charge in [0.05, 0.1) is 21.1 Å². The van der Waals surface area contributed by atoms with Crippen molar-refractivity contribution < 1.29 is 4.79 Å². The minimum absolute atomic E-state index is 0.00469. The maximum absolute atomic E-state index is 12.9. The van der Waals surface area contributed by atoms with Crippen LogP contribution in [0, 0.1) is 5.92 Å². The number of para-hydroxylation sites is 1. The number of carbonyl (C=O) groups is 1. The lowest BCUT2D eigenvalue weighted by atomic mass is 9.83. The highest BCUT2D eigenvalue weighted by molar-refractivity contribution is 7.18. The molecule has 5 nitrogen and oxygen atoms in total. The number of fused-ring (bicyclic) bond motifs is 1. The van der Waals surface area contributed by atoms with E-state index in [0.29, 0.717) is 11.0 Å². The molecule has 2 aromatic heterocycles. The Labute approximate surface area is 160 Å². The van der Waals surface area contributed by atoms with Gasteiger partial charge in [0.1, 0.15) is 5.01 Å². The zero-order valence-electron chi connectivity index (χ0n) is 14.7. The fraction of sp³-hybridized carbons (Fsp3) is 0.368. The number of nitrogens with one attached hydrogen (secondary N) is 1. The van der Waals surface area contributed by atoms with Gasteiger partial charge in [-0.3, -0.25) is 4.79 Å². The second kappa shape index (κ2) is 7.25. The number of thiazole rings is 1. The molecule has 2 heterocycles. The predicted molar refractivity (Wildman–Crippen MR) is 107 cm³/mol. The molecular formula is C19H20N4OS2. The number of amides is 1. The summed E-state index contributed by atoms with van der Waals surface area (Å²) in [5, 5.41) is 13.8. The molecule has 0 aliphatic heterocycles. The normalized spacial score (nSPS) is 20.0. The SMILES string of the molecule is CC(C)c1nnc(NC(=O)C2CC=CCC2c2nc3ccccc3s2)s1. The summed E-state index contributed by atoms with van der Waals surface area (Å²) in [5.41, 5.74) is 1.01. The predicted octanol–water partition coefficient (Wildman–Crippen LogP) is 4.96. The van der Waals surface area contributed by atoms with Crippen LogP contribution >= 0.6 is 22.7 Å². The van der Waals surface area contributed by atoms with Gasteiger partial charge in [0, 0.05) is 11.8 Å². The number of carbonyl (C=O) groups excluding carboxylic acids is 1. The Balaban J connectivity index is 1.56. The average molecular weight is 385 g/mol. The summed E-state index contributed by atoms with van der Waals surface area (Å²) in [5.74, 6) is 0.290. The number of hydrogen-bond donors (Lipinski definition) is 1. The average Bonchev–Trinajstić information content (AvgIpc) is 3.28. The van der Waals surface area contributed by atoms with Gasteiger partial charge in [-0.2, -0.15) is 0 Å². The molecule has 2 atom stereocenters. The summed E-state index contributed by atoms with van der Waals surface area (Å²) in [7, 11) is 0. The van der Waals surface area contributed by atoms with Crippen LogP contribution < -0.4 is 5.32 Å². The van der Waals surface area contributed by atoms with Gasteiger partial charge in [0.15, 0.2) is 0 Å². The zero-order chi connectivity index (χ0) is 18.1.